The number of nitrogens with zero attached hydrogens (tertiary/aromatic N) is 4. The molecule has 7 nitrogen and oxygen atoms in total. The number of rotatable bonds is 6. The normalized spacial score (nSPS) is 23.0. The molecule has 3 atom stereocenters. The number of carbonyl (C=O) groups is 2. The smallest absolute Gasteiger partial charge is 0.225 e. The number of hydrogen-bond acceptors (Lipinski definition) is 5. The van der Waals surface area contributed by atoms with Crippen molar-refractivity contribution < 1.29 is 14.3 Å². The third kappa shape index (κ3) is 5.62. The molecule has 2 aliphatic heterocycles. The predicted octanol–water partition coefficient (Wildman–Crippen LogP) is 5.31. The fourth-order valence-electron chi connectivity index (χ4n) is 5.89. The predicted molar refractivity (Wildman–Crippen MR) is 145 cm³/mol. The molecule has 5 rings (SSSR count). The monoisotopic (exact) mass is 554 g/mol. The van der Waals surface area contributed by atoms with Crippen LogP contribution in [0.4, 0.5) is 0 Å². The molecule has 9 heteroatoms. The van der Waals surface area contributed by atoms with Gasteiger partial charge in [-0.05, 0) is 56.4 Å². The Hall–Kier alpha value is -2.82. The van der Waals surface area contributed by atoms with Crippen molar-refractivity contribution in [1.29, 1.82) is 5.26 Å². The molecule has 0 spiro atoms. The van der Waals surface area contributed by atoms with Crippen molar-refractivity contribution in [1.82, 2.24) is 14.8 Å². The van der Waals surface area contributed by atoms with Crippen LogP contribution in [0.5, 0.6) is 5.88 Å². The molecule has 2 aromatic rings. The summed E-state index contributed by atoms with van der Waals surface area (Å²) >= 11 is 12.5. The summed E-state index contributed by atoms with van der Waals surface area (Å²) in [4.78, 5) is 34.5. The Morgan fingerprint density at radius 1 is 1.00 bits per heavy atom. The summed E-state index contributed by atoms with van der Waals surface area (Å²) in [5.41, 5.74) is 1.49. The summed E-state index contributed by atoms with van der Waals surface area (Å²) in [5, 5.41) is 10.0. The number of nitriles is 1. The Kier molecular flexibility index (Phi) is 8.11. The second kappa shape index (κ2) is 11.5. The van der Waals surface area contributed by atoms with E-state index in [1.807, 2.05) is 28.9 Å². The highest BCUT2D eigenvalue weighted by Crippen LogP contribution is 2.39. The highest BCUT2D eigenvalue weighted by Gasteiger charge is 2.43. The van der Waals surface area contributed by atoms with Gasteiger partial charge in [0.05, 0.1) is 15.6 Å². The summed E-state index contributed by atoms with van der Waals surface area (Å²) in [5.74, 6) is 1.00. The average molecular weight is 556 g/mol. The van der Waals surface area contributed by atoms with E-state index >= 15 is 0 Å². The molecule has 3 fully saturated rings. The van der Waals surface area contributed by atoms with Crippen molar-refractivity contribution in [2.45, 2.75) is 51.0 Å². The Morgan fingerprint density at radius 3 is 2.32 bits per heavy atom. The highest BCUT2D eigenvalue weighted by atomic mass is 35.5. The minimum absolute atomic E-state index is 0.00826. The van der Waals surface area contributed by atoms with Gasteiger partial charge < -0.3 is 14.5 Å². The number of piperidine rings is 1. The topological polar surface area (TPSA) is 86.5 Å². The first-order valence-corrected chi connectivity index (χ1v) is 14.1. The first kappa shape index (κ1) is 26.8. The molecule has 200 valence electrons. The van der Waals surface area contributed by atoms with Crippen molar-refractivity contribution in [2.75, 3.05) is 26.2 Å². The van der Waals surface area contributed by atoms with Crippen LogP contribution < -0.4 is 4.74 Å². The molecular formula is C29H32Cl2N4O3. The van der Waals surface area contributed by atoms with Gasteiger partial charge >= 0.3 is 0 Å². The van der Waals surface area contributed by atoms with Crippen LogP contribution in [0, 0.1) is 29.1 Å². The lowest BCUT2D eigenvalue weighted by atomic mass is 9.83. The van der Waals surface area contributed by atoms with Crippen LogP contribution in [0.2, 0.25) is 10.0 Å². The summed E-state index contributed by atoms with van der Waals surface area (Å²) in [7, 11) is 0. The molecule has 3 unspecified atom stereocenters. The van der Waals surface area contributed by atoms with Gasteiger partial charge in [0.25, 0.3) is 0 Å². The van der Waals surface area contributed by atoms with E-state index in [1.54, 1.807) is 18.2 Å². The number of likely N-dealkylation sites (tertiary alicyclic amines) is 2. The molecule has 1 aromatic heterocycles. The maximum absolute atomic E-state index is 13.7. The number of benzene rings is 1. The second-order valence-corrected chi connectivity index (χ2v) is 11.5. The number of aromatic nitrogens is 1. The highest BCUT2D eigenvalue weighted by molar-refractivity contribution is 6.42. The molecule has 3 aliphatic rings. The molecular weight excluding hydrogens is 523 g/mol. The van der Waals surface area contributed by atoms with Gasteiger partial charge in [0.15, 0.2) is 0 Å². The fourth-order valence-corrected chi connectivity index (χ4v) is 6.20. The number of hydrogen-bond donors (Lipinski definition) is 0. The van der Waals surface area contributed by atoms with E-state index in [1.165, 1.54) is 6.20 Å². The van der Waals surface area contributed by atoms with Gasteiger partial charge in [-0.2, -0.15) is 5.26 Å². The summed E-state index contributed by atoms with van der Waals surface area (Å²) in [6.07, 6.45) is 5.81. The Morgan fingerprint density at radius 2 is 1.71 bits per heavy atom. The molecule has 0 N–H and O–H groups in total. The van der Waals surface area contributed by atoms with E-state index in [0.717, 1.165) is 24.8 Å². The zero-order valence-corrected chi connectivity index (χ0v) is 23.0. The van der Waals surface area contributed by atoms with Crippen LogP contribution in [0.25, 0.3) is 0 Å². The molecule has 3 heterocycles. The van der Waals surface area contributed by atoms with Gasteiger partial charge in [-0.1, -0.05) is 35.7 Å². The van der Waals surface area contributed by atoms with Crippen molar-refractivity contribution in [2.24, 2.45) is 17.8 Å². The van der Waals surface area contributed by atoms with E-state index in [0.29, 0.717) is 60.5 Å². The first-order chi connectivity index (χ1) is 18.3. The quantitative estimate of drug-likeness (QED) is 0.483. The average Bonchev–Trinajstić information content (AvgIpc) is 3.35. The number of ether oxygens (including phenoxy) is 1. The van der Waals surface area contributed by atoms with E-state index in [2.05, 4.69) is 11.1 Å². The fraction of sp³-hybridized carbons (Fsp3) is 0.517. The lowest BCUT2D eigenvalue weighted by Crippen LogP contribution is -2.46. The number of pyridine rings is 1. The maximum atomic E-state index is 13.7. The van der Waals surface area contributed by atoms with Crippen LogP contribution >= 0.6 is 23.2 Å². The Bertz CT molecular complexity index is 1220. The van der Waals surface area contributed by atoms with E-state index in [9.17, 15) is 9.59 Å². The van der Waals surface area contributed by atoms with Crippen molar-refractivity contribution in [3.8, 4) is 11.9 Å². The van der Waals surface area contributed by atoms with Gasteiger partial charge in [-0.3, -0.25) is 9.59 Å². The summed E-state index contributed by atoms with van der Waals surface area (Å²) < 4.78 is 6.19. The molecule has 1 aliphatic carbocycles. The summed E-state index contributed by atoms with van der Waals surface area (Å²) in [6.45, 7) is 4.43. The number of halogens is 2. The van der Waals surface area contributed by atoms with Crippen molar-refractivity contribution in [3.63, 3.8) is 0 Å². The molecule has 1 saturated carbocycles. The molecule has 0 bridgehead atoms. The number of amides is 2. The van der Waals surface area contributed by atoms with Gasteiger partial charge in [0.1, 0.15) is 12.2 Å². The van der Waals surface area contributed by atoms with Crippen molar-refractivity contribution in [3.05, 3.63) is 57.7 Å². The first-order valence-electron chi connectivity index (χ1n) is 13.4. The van der Waals surface area contributed by atoms with Crippen molar-refractivity contribution >= 4 is 35.0 Å². The second-order valence-electron chi connectivity index (χ2n) is 10.7. The Labute approximate surface area is 233 Å². The van der Waals surface area contributed by atoms with Crippen LogP contribution in [-0.4, -0.2) is 58.9 Å². The van der Waals surface area contributed by atoms with Gasteiger partial charge in [0, 0.05) is 62.1 Å². The molecule has 1 aromatic carbocycles. The largest absolute Gasteiger partial charge is 0.474 e. The lowest BCUT2D eigenvalue weighted by molar-refractivity contribution is -0.143. The van der Waals surface area contributed by atoms with E-state index in [-0.39, 0.29) is 41.6 Å². The number of carbonyl (C=O) groups excluding carboxylic acids is 2. The minimum Gasteiger partial charge on any atom is -0.474 e. The maximum Gasteiger partial charge on any atom is 0.225 e. The van der Waals surface area contributed by atoms with E-state index in [4.69, 9.17) is 33.2 Å². The van der Waals surface area contributed by atoms with Gasteiger partial charge in [-0.25, -0.2) is 4.98 Å². The molecule has 2 saturated heterocycles. The standard InChI is InChI=1S/C29H32Cl2N4O3/c1-18(38-27-8-5-19(14-32)15-33-27)23-16-35(17-24(23)22-6-7-25(30)26(31)13-22)29(37)21-9-11-34(12-10-21)28(36)20-3-2-4-20/h5-8,13,15,18,20-21,23-24H,2-4,9-12,16-17H2,1H3. The van der Waals surface area contributed by atoms with E-state index < -0.39 is 0 Å². The third-order valence-electron chi connectivity index (χ3n) is 8.43. The molecule has 0 radical (unpaired) electrons. The van der Waals surface area contributed by atoms with Crippen LogP contribution in [0.15, 0.2) is 36.5 Å². The summed E-state index contributed by atoms with van der Waals surface area (Å²) in [6, 6.07) is 11.1. The zero-order chi connectivity index (χ0) is 26.8. The van der Waals surface area contributed by atoms with Crippen LogP contribution in [-0.2, 0) is 9.59 Å². The molecule has 2 amide bonds. The van der Waals surface area contributed by atoms with Gasteiger partial charge in [0.2, 0.25) is 17.7 Å². The van der Waals surface area contributed by atoms with Gasteiger partial charge in [-0.15, -0.1) is 0 Å². The van der Waals surface area contributed by atoms with Crippen LogP contribution in [0.3, 0.4) is 0 Å². The Balaban J connectivity index is 1.29. The lowest BCUT2D eigenvalue weighted by Gasteiger charge is -2.37. The minimum atomic E-state index is -0.241. The SMILES string of the molecule is CC(Oc1ccc(C#N)cn1)C1CN(C(=O)C2CCN(C(=O)C3CCC3)CC2)CC1c1ccc(Cl)c(Cl)c1. The third-order valence-corrected chi connectivity index (χ3v) is 9.17. The molecule has 38 heavy (non-hydrogen) atoms. The van der Waals surface area contributed by atoms with Crippen LogP contribution in [0.1, 0.15) is 56.1 Å². The zero-order valence-electron chi connectivity index (χ0n) is 21.5.